The Kier molecular flexibility index (Phi) is 8.92. The highest BCUT2D eigenvalue weighted by Crippen LogP contribution is 2.35. The van der Waals surface area contributed by atoms with Crippen LogP contribution in [0.2, 0.25) is 0 Å². The van der Waals surface area contributed by atoms with Gasteiger partial charge in [0, 0.05) is 17.2 Å². The van der Waals surface area contributed by atoms with Gasteiger partial charge in [-0.1, -0.05) is 5.92 Å². The van der Waals surface area contributed by atoms with Crippen molar-refractivity contribution in [1.29, 1.82) is 5.26 Å². The number of alkyl halides is 2. The zero-order valence-electron chi connectivity index (χ0n) is 18.8. The summed E-state index contributed by atoms with van der Waals surface area (Å²) in [5.74, 6) is 6.35. The Labute approximate surface area is 202 Å². The van der Waals surface area contributed by atoms with Crippen molar-refractivity contribution >= 4 is 29.4 Å². The predicted octanol–water partition coefficient (Wildman–Crippen LogP) is 4.29. The molecule has 1 aromatic rings. The van der Waals surface area contributed by atoms with Gasteiger partial charge in [0.2, 0.25) is 5.91 Å². The fraction of sp³-hybridized carbons (Fsp3) is 0.583. The lowest BCUT2D eigenvalue weighted by Crippen LogP contribution is -2.51. The largest absolute Gasteiger partial charge is 0.431 e. The van der Waals surface area contributed by atoms with Crippen molar-refractivity contribution in [2.24, 2.45) is 11.8 Å². The first-order chi connectivity index (χ1) is 15.8. The number of rotatable bonds is 13. The number of nitrogens with one attached hydrogen (secondary N) is 2. The summed E-state index contributed by atoms with van der Waals surface area (Å²) < 4.78 is 34.9. The van der Waals surface area contributed by atoms with E-state index in [9.17, 15) is 18.8 Å². The second-order valence-corrected chi connectivity index (χ2v) is 10.4. The van der Waals surface area contributed by atoms with E-state index in [4.69, 9.17) is 4.74 Å². The normalized spacial score (nSPS) is 18.3. The maximum absolute atomic E-state index is 15.0. The van der Waals surface area contributed by atoms with Gasteiger partial charge in [0.05, 0.1) is 12.0 Å². The molecule has 0 heterocycles. The van der Waals surface area contributed by atoms with E-state index in [1.54, 1.807) is 23.9 Å². The molecule has 0 aliphatic heterocycles. The average Bonchev–Trinajstić information content (AvgIpc) is 3.72. The standard InChI is InChI=1S/C24H29F2N3O2S2/c1-3-4-21(24(25,26)31-19-7-9-20(32-2)10-8-19)28-13-18(15-33-14-17-5-6-17)22(30)29-23(16-27)11-12-23/h7-10,17-18,21,28H,5-6,11-15H2,1-2H3,(H,29,30)/t18?,21-/m0/s1. The van der Waals surface area contributed by atoms with Crippen LogP contribution in [-0.2, 0) is 4.79 Å². The number of hydrogen-bond acceptors (Lipinski definition) is 6. The maximum Gasteiger partial charge on any atom is 0.425 e. The summed E-state index contributed by atoms with van der Waals surface area (Å²) in [5.41, 5.74) is -0.797. The van der Waals surface area contributed by atoms with Gasteiger partial charge in [-0.2, -0.15) is 25.8 Å². The van der Waals surface area contributed by atoms with Crippen molar-refractivity contribution < 1.29 is 18.3 Å². The SMILES string of the molecule is CC#C[C@H](NCC(CSCC1CC1)C(=O)NC1(C#N)CC1)C(F)(F)Oc1ccc(SC)cc1. The molecule has 0 radical (unpaired) electrons. The van der Waals surface area contributed by atoms with Crippen LogP contribution in [0.3, 0.4) is 0 Å². The van der Waals surface area contributed by atoms with Crippen LogP contribution < -0.4 is 15.4 Å². The average molecular weight is 494 g/mol. The minimum Gasteiger partial charge on any atom is -0.431 e. The van der Waals surface area contributed by atoms with Crippen LogP contribution in [-0.4, -0.2) is 47.9 Å². The van der Waals surface area contributed by atoms with E-state index in [0.717, 1.165) is 10.6 Å². The van der Waals surface area contributed by atoms with Gasteiger partial charge < -0.3 is 10.1 Å². The molecule has 0 aromatic heterocycles. The summed E-state index contributed by atoms with van der Waals surface area (Å²) in [6.45, 7) is 1.49. The van der Waals surface area contributed by atoms with Crippen LogP contribution in [0.1, 0.15) is 32.6 Å². The molecule has 1 unspecified atom stereocenters. The fourth-order valence-corrected chi connectivity index (χ4v) is 4.90. The lowest BCUT2D eigenvalue weighted by Gasteiger charge is -2.26. The third kappa shape index (κ3) is 7.81. The second-order valence-electron chi connectivity index (χ2n) is 8.44. The third-order valence-electron chi connectivity index (χ3n) is 5.57. The summed E-state index contributed by atoms with van der Waals surface area (Å²) in [4.78, 5) is 13.8. The fourth-order valence-electron chi connectivity index (χ4n) is 3.13. The number of thioether (sulfide) groups is 2. The molecule has 0 bridgehead atoms. The molecule has 2 saturated carbocycles. The molecule has 33 heavy (non-hydrogen) atoms. The number of nitrogens with zero attached hydrogens (tertiary/aromatic N) is 1. The molecule has 2 N–H and O–H groups in total. The summed E-state index contributed by atoms with van der Waals surface area (Å²) in [5, 5.41) is 14.9. The van der Waals surface area contributed by atoms with Gasteiger partial charge in [-0.3, -0.25) is 10.1 Å². The van der Waals surface area contributed by atoms with Crippen LogP contribution in [0.15, 0.2) is 29.2 Å². The van der Waals surface area contributed by atoms with E-state index < -0.39 is 23.6 Å². The van der Waals surface area contributed by atoms with E-state index in [1.807, 2.05) is 6.26 Å². The third-order valence-corrected chi connectivity index (χ3v) is 7.66. The molecule has 0 spiro atoms. The van der Waals surface area contributed by atoms with E-state index in [1.165, 1.54) is 43.7 Å². The van der Waals surface area contributed by atoms with E-state index >= 15 is 0 Å². The maximum atomic E-state index is 15.0. The number of carbonyl (C=O) groups excluding carboxylic acids is 1. The minimum absolute atomic E-state index is 0.00865. The van der Waals surface area contributed by atoms with Gasteiger partial charge in [0.1, 0.15) is 11.3 Å². The molecule has 1 aromatic carbocycles. The van der Waals surface area contributed by atoms with Crippen LogP contribution in [0.4, 0.5) is 8.78 Å². The molecule has 3 rings (SSSR count). The first kappa shape index (κ1) is 25.7. The van der Waals surface area contributed by atoms with Crippen molar-refractivity contribution in [2.75, 3.05) is 24.3 Å². The van der Waals surface area contributed by atoms with E-state index in [0.29, 0.717) is 24.5 Å². The van der Waals surface area contributed by atoms with Crippen LogP contribution in [0, 0.1) is 35.0 Å². The molecule has 0 saturated heterocycles. The molecular weight excluding hydrogens is 464 g/mol. The predicted molar refractivity (Wildman–Crippen MR) is 128 cm³/mol. The Morgan fingerprint density at radius 1 is 1.33 bits per heavy atom. The summed E-state index contributed by atoms with van der Waals surface area (Å²) in [6, 6.07) is 6.98. The highest BCUT2D eigenvalue weighted by Gasteiger charge is 2.46. The van der Waals surface area contributed by atoms with Crippen LogP contribution >= 0.6 is 23.5 Å². The van der Waals surface area contributed by atoms with E-state index in [-0.39, 0.29) is 18.2 Å². The molecule has 5 nitrogen and oxygen atoms in total. The van der Waals surface area contributed by atoms with Gasteiger partial charge in [-0.15, -0.1) is 17.7 Å². The van der Waals surface area contributed by atoms with Gasteiger partial charge in [-0.25, -0.2) is 0 Å². The van der Waals surface area contributed by atoms with Crippen LogP contribution in [0.25, 0.3) is 0 Å². The second kappa shape index (κ2) is 11.5. The minimum atomic E-state index is -3.60. The number of ether oxygens (including phenoxy) is 1. The van der Waals surface area contributed by atoms with Crippen molar-refractivity contribution in [3.8, 4) is 23.7 Å². The highest BCUT2D eigenvalue weighted by molar-refractivity contribution is 7.99. The zero-order chi connectivity index (χ0) is 23.9. The van der Waals surface area contributed by atoms with E-state index in [2.05, 4.69) is 28.5 Å². The molecule has 2 aliphatic rings. The number of hydrogen-bond donors (Lipinski definition) is 2. The molecule has 2 aliphatic carbocycles. The smallest absolute Gasteiger partial charge is 0.425 e. The Hall–Kier alpha value is -1.94. The van der Waals surface area contributed by atoms with Gasteiger partial charge in [-0.05, 0) is 74.8 Å². The van der Waals surface area contributed by atoms with Gasteiger partial charge >= 0.3 is 6.11 Å². The molecule has 1 amide bonds. The summed E-state index contributed by atoms with van der Waals surface area (Å²) in [6.07, 6.45) is 1.95. The molecule has 178 valence electrons. The summed E-state index contributed by atoms with van der Waals surface area (Å²) in [7, 11) is 0. The molecule has 2 atom stereocenters. The Bertz CT molecular complexity index is 916. The molecule has 9 heteroatoms. The van der Waals surface area contributed by atoms with Gasteiger partial charge in [0.15, 0.2) is 6.04 Å². The first-order valence-corrected chi connectivity index (χ1v) is 13.4. The number of carbonyl (C=O) groups is 1. The van der Waals surface area contributed by atoms with Crippen molar-refractivity contribution in [1.82, 2.24) is 10.6 Å². The Balaban J connectivity index is 1.63. The van der Waals surface area contributed by atoms with Crippen LogP contribution in [0.5, 0.6) is 5.75 Å². The Morgan fingerprint density at radius 2 is 2.03 bits per heavy atom. The number of benzene rings is 1. The van der Waals surface area contributed by atoms with Crippen molar-refractivity contribution in [3.05, 3.63) is 24.3 Å². The summed E-state index contributed by atoms with van der Waals surface area (Å²) >= 11 is 3.16. The topological polar surface area (TPSA) is 74.2 Å². The highest BCUT2D eigenvalue weighted by atomic mass is 32.2. The molecule has 2 fully saturated rings. The Morgan fingerprint density at radius 3 is 2.58 bits per heavy atom. The van der Waals surface area contributed by atoms with Gasteiger partial charge in [0.25, 0.3) is 0 Å². The van der Waals surface area contributed by atoms with Crippen molar-refractivity contribution in [2.45, 2.75) is 55.2 Å². The quantitative estimate of drug-likeness (QED) is 0.315. The lowest BCUT2D eigenvalue weighted by molar-refractivity contribution is -0.187. The first-order valence-electron chi connectivity index (χ1n) is 11.0. The number of halogens is 2. The lowest BCUT2D eigenvalue weighted by atomic mass is 10.1. The number of nitriles is 1. The monoisotopic (exact) mass is 493 g/mol. The zero-order valence-corrected chi connectivity index (χ0v) is 20.5. The van der Waals surface area contributed by atoms with Crippen molar-refractivity contribution in [3.63, 3.8) is 0 Å². The number of amides is 1. The molecular formula is C24H29F2N3O2S2.